The van der Waals surface area contributed by atoms with E-state index in [1.54, 1.807) is 36.4 Å². The fourth-order valence-corrected chi connectivity index (χ4v) is 3.61. The summed E-state index contributed by atoms with van der Waals surface area (Å²) in [7, 11) is 0. The molecule has 0 saturated carbocycles. The van der Waals surface area contributed by atoms with Crippen molar-refractivity contribution in [2.24, 2.45) is 5.92 Å². The molecular formula is C21H18F2N2O4. The molecular weight excluding hydrogens is 382 g/mol. The monoisotopic (exact) mass is 400 g/mol. The van der Waals surface area contributed by atoms with E-state index in [1.807, 2.05) is 6.07 Å². The largest absolute Gasteiger partial charge is 0.445 e. The molecule has 0 spiro atoms. The summed E-state index contributed by atoms with van der Waals surface area (Å²) in [5.74, 6) is -5.77. The van der Waals surface area contributed by atoms with Gasteiger partial charge in [0.1, 0.15) is 6.61 Å². The number of alkyl halides is 2. The maximum absolute atomic E-state index is 14.5. The van der Waals surface area contributed by atoms with E-state index in [4.69, 9.17) is 4.74 Å². The number of hydrogen-bond donors (Lipinski definition) is 0. The van der Waals surface area contributed by atoms with Crippen LogP contribution in [0.25, 0.3) is 0 Å². The highest BCUT2D eigenvalue weighted by molar-refractivity contribution is 6.21. The number of carbonyl (C=O) groups excluding carboxylic acids is 3. The lowest BCUT2D eigenvalue weighted by molar-refractivity contribution is -0.0327. The van der Waals surface area contributed by atoms with Crippen molar-refractivity contribution in [1.82, 2.24) is 9.80 Å². The number of imide groups is 1. The highest BCUT2D eigenvalue weighted by atomic mass is 19.3. The van der Waals surface area contributed by atoms with Crippen molar-refractivity contribution in [3.63, 3.8) is 0 Å². The van der Waals surface area contributed by atoms with Crippen LogP contribution in [0.1, 0.15) is 26.3 Å². The van der Waals surface area contributed by atoms with E-state index >= 15 is 0 Å². The van der Waals surface area contributed by atoms with Crippen LogP contribution in [0, 0.1) is 5.92 Å². The van der Waals surface area contributed by atoms with Crippen LogP contribution in [-0.4, -0.2) is 53.3 Å². The Morgan fingerprint density at radius 1 is 1.00 bits per heavy atom. The zero-order chi connectivity index (χ0) is 20.6. The highest BCUT2D eigenvalue weighted by Crippen LogP contribution is 2.35. The van der Waals surface area contributed by atoms with Crippen LogP contribution in [0.3, 0.4) is 0 Å². The second-order valence-corrected chi connectivity index (χ2v) is 7.15. The molecule has 4 rings (SSSR count). The molecule has 2 heterocycles. The zero-order valence-corrected chi connectivity index (χ0v) is 15.4. The number of rotatable bonds is 4. The first kappa shape index (κ1) is 19.0. The van der Waals surface area contributed by atoms with Crippen LogP contribution < -0.4 is 0 Å². The highest BCUT2D eigenvalue weighted by Gasteiger charge is 2.52. The topological polar surface area (TPSA) is 66.9 Å². The summed E-state index contributed by atoms with van der Waals surface area (Å²) in [5, 5.41) is 0. The van der Waals surface area contributed by atoms with E-state index in [0.29, 0.717) is 0 Å². The number of halogens is 2. The molecule has 8 heteroatoms. The molecule has 1 unspecified atom stereocenters. The number of fused-ring (bicyclic) bond motifs is 1. The molecule has 2 aliphatic heterocycles. The summed E-state index contributed by atoms with van der Waals surface area (Å²) in [4.78, 5) is 38.8. The molecule has 29 heavy (non-hydrogen) atoms. The lowest BCUT2D eigenvalue weighted by atomic mass is 10.0. The Hall–Kier alpha value is -3.29. The van der Waals surface area contributed by atoms with E-state index in [0.717, 1.165) is 15.4 Å². The molecule has 3 amide bonds. The Morgan fingerprint density at radius 3 is 2.21 bits per heavy atom. The Morgan fingerprint density at radius 2 is 1.59 bits per heavy atom. The van der Waals surface area contributed by atoms with Gasteiger partial charge in [0.15, 0.2) is 0 Å². The Kier molecular flexibility index (Phi) is 4.77. The fraction of sp³-hybridized carbons (Fsp3) is 0.286. The number of likely N-dealkylation sites (tertiary alicyclic amines) is 1. The molecule has 0 aromatic heterocycles. The van der Waals surface area contributed by atoms with Crippen LogP contribution in [-0.2, 0) is 11.3 Å². The third-order valence-electron chi connectivity index (χ3n) is 5.18. The average Bonchev–Trinajstić information content (AvgIpc) is 3.16. The minimum absolute atomic E-state index is 0.0230. The van der Waals surface area contributed by atoms with Crippen molar-refractivity contribution in [2.45, 2.75) is 12.5 Å². The number of ether oxygens (including phenoxy) is 1. The van der Waals surface area contributed by atoms with Gasteiger partial charge >= 0.3 is 6.09 Å². The van der Waals surface area contributed by atoms with Gasteiger partial charge in [-0.15, -0.1) is 0 Å². The van der Waals surface area contributed by atoms with Crippen LogP contribution in [0.15, 0.2) is 54.6 Å². The summed E-state index contributed by atoms with van der Waals surface area (Å²) in [5.41, 5.74) is 1.16. The summed E-state index contributed by atoms with van der Waals surface area (Å²) in [6.45, 7) is -1.59. The zero-order valence-electron chi connectivity index (χ0n) is 15.4. The second-order valence-electron chi connectivity index (χ2n) is 7.15. The third-order valence-corrected chi connectivity index (χ3v) is 5.18. The standard InChI is InChI=1S/C21H18F2N2O4/c22-21(23)13-24(20(28)29-12-14-6-2-1-3-7-14)10-15(21)11-25-18(26)16-8-4-5-9-17(16)19(25)27/h1-9,15H,10-13H2. The molecule has 6 nitrogen and oxygen atoms in total. The van der Waals surface area contributed by atoms with Crippen molar-refractivity contribution in [2.75, 3.05) is 19.6 Å². The lowest BCUT2D eigenvalue weighted by Gasteiger charge is -2.22. The number of nitrogens with zero attached hydrogens (tertiary/aromatic N) is 2. The van der Waals surface area contributed by atoms with Crippen molar-refractivity contribution in [1.29, 1.82) is 0 Å². The van der Waals surface area contributed by atoms with Crippen LogP contribution in [0.2, 0.25) is 0 Å². The number of hydrogen-bond acceptors (Lipinski definition) is 4. The first-order chi connectivity index (χ1) is 13.9. The number of carbonyl (C=O) groups is 3. The number of benzene rings is 2. The van der Waals surface area contributed by atoms with Crippen molar-refractivity contribution in [3.05, 3.63) is 71.3 Å². The van der Waals surface area contributed by atoms with Crippen molar-refractivity contribution < 1.29 is 27.9 Å². The molecule has 150 valence electrons. The van der Waals surface area contributed by atoms with Gasteiger partial charge in [-0.1, -0.05) is 42.5 Å². The van der Waals surface area contributed by atoms with E-state index in [1.165, 1.54) is 12.1 Å². The SMILES string of the molecule is O=C(OCc1ccccc1)N1CC(CN2C(=O)c3ccccc3C2=O)C(F)(F)C1. The molecule has 0 radical (unpaired) electrons. The predicted molar refractivity (Wildman–Crippen MR) is 98.4 cm³/mol. The van der Waals surface area contributed by atoms with E-state index in [2.05, 4.69) is 0 Å². The second kappa shape index (κ2) is 7.27. The van der Waals surface area contributed by atoms with Crippen LogP contribution >= 0.6 is 0 Å². The number of amides is 3. The van der Waals surface area contributed by atoms with Crippen LogP contribution in [0.5, 0.6) is 0 Å². The van der Waals surface area contributed by atoms with Gasteiger partial charge in [-0.25, -0.2) is 13.6 Å². The summed E-state index contributed by atoms with van der Waals surface area (Å²) < 4.78 is 34.2. The van der Waals surface area contributed by atoms with Gasteiger partial charge in [0.25, 0.3) is 17.7 Å². The average molecular weight is 400 g/mol. The lowest BCUT2D eigenvalue weighted by Crippen LogP contribution is -2.40. The van der Waals surface area contributed by atoms with Gasteiger partial charge < -0.3 is 9.64 Å². The third kappa shape index (κ3) is 3.57. The van der Waals surface area contributed by atoms with Gasteiger partial charge in [0, 0.05) is 13.1 Å². The minimum atomic E-state index is -3.24. The maximum Gasteiger partial charge on any atom is 0.410 e. The Balaban J connectivity index is 1.41. The molecule has 2 aliphatic rings. The van der Waals surface area contributed by atoms with Gasteiger partial charge in [0.05, 0.1) is 23.6 Å². The minimum Gasteiger partial charge on any atom is -0.445 e. The Bertz CT molecular complexity index is 929. The summed E-state index contributed by atoms with van der Waals surface area (Å²) in [6, 6.07) is 15.1. The van der Waals surface area contributed by atoms with E-state index < -0.39 is 42.8 Å². The van der Waals surface area contributed by atoms with E-state index in [-0.39, 0.29) is 24.3 Å². The fourth-order valence-electron chi connectivity index (χ4n) is 3.61. The smallest absolute Gasteiger partial charge is 0.410 e. The molecule has 2 aromatic rings. The molecule has 0 N–H and O–H groups in total. The molecule has 1 atom stereocenters. The maximum atomic E-state index is 14.5. The molecule has 2 aromatic carbocycles. The predicted octanol–water partition coefficient (Wildman–Crippen LogP) is 3.19. The summed E-state index contributed by atoms with van der Waals surface area (Å²) >= 11 is 0. The van der Waals surface area contributed by atoms with E-state index in [9.17, 15) is 23.2 Å². The first-order valence-electron chi connectivity index (χ1n) is 9.15. The van der Waals surface area contributed by atoms with Gasteiger partial charge in [0.2, 0.25) is 0 Å². The first-order valence-corrected chi connectivity index (χ1v) is 9.15. The van der Waals surface area contributed by atoms with Crippen molar-refractivity contribution >= 4 is 17.9 Å². The normalized spacial score (nSPS) is 20.1. The Labute approximate surface area is 165 Å². The van der Waals surface area contributed by atoms with Crippen molar-refractivity contribution in [3.8, 4) is 0 Å². The van der Waals surface area contributed by atoms with Gasteiger partial charge in [-0.05, 0) is 17.7 Å². The molecule has 1 saturated heterocycles. The molecule has 0 bridgehead atoms. The van der Waals surface area contributed by atoms with Gasteiger partial charge in [-0.2, -0.15) is 0 Å². The van der Waals surface area contributed by atoms with Crippen LogP contribution in [0.4, 0.5) is 13.6 Å². The molecule has 1 fully saturated rings. The van der Waals surface area contributed by atoms with Gasteiger partial charge in [-0.3, -0.25) is 14.5 Å². The quantitative estimate of drug-likeness (QED) is 0.740. The molecule has 0 aliphatic carbocycles. The summed E-state index contributed by atoms with van der Waals surface area (Å²) in [6.07, 6.45) is -0.849.